The summed E-state index contributed by atoms with van der Waals surface area (Å²) in [6.07, 6.45) is 0.403. The van der Waals surface area contributed by atoms with Crippen molar-refractivity contribution in [2.45, 2.75) is 13.5 Å². The van der Waals surface area contributed by atoms with Crippen LogP contribution < -0.4 is 26.1 Å². The minimum atomic E-state index is 0.403. The van der Waals surface area contributed by atoms with Crippen molar-refractivity contribution in [3.8, 4) is 11.5 Å². The summed E-state index contributed by atoms with van der Waals surface area (Å²) in [5.74, 6) is 6.11. The zero-order valence-electron chi connectivity index (χ0n) is 13.9. The van der Waals surface area contributed by atoms with Crippen LogP contribution in [0.1, 0.15) is 11.1 Å². The molecule has 0 atom stereocenters. The summed E-state index contributed by atoms with van der Waals surface area (Å²) >= 11 is 3.45. The molecule has 6 nitrogen and oxygen atoms in total. The van der Waals surface area contributed by atoms with Crippen LogP contribution in [0, 0.1) is 6.92 Å². The Bertz CT molecular complexity index is 643. The molecule has 0 heterocycles. The number of aryl methyl sites for hydroxylation is 1. The molecule has 1 amide bonds. The lowest BCUT2D eigenvalue weighted by Gasteiger charge is -2.15. The van der Waals surface area contributed by atoms with Gasteiger partial charge in [-0.2, -0.15) is 0 Å². The first-order valence-electron chi connectivity index (χ1n) is 7.19. The van der Waals surface area contributed by atoms with Gasteiger partial charge in [-0.25, -0.2) is 5.84 Å². The molecule has 0 saturated carbocycles. The number of benzene rings is 2. The number of anilines is 1. The molecule has 0 unspecified atom stereocenters. The predicted octanol–water partition coefficient (Wildman–Crippen LogP) is 2.99. The van der Waals surface area contributed by atoms with Crippen LogP contribution in [-0.2, 0) is 11.4 Å². The van der Waals surface area contributed by atoms with Gasteiger partial charge in [0.25, 0.3) is 0 Å². The van der Waals surface area contributed by atoms with Crippen molar-refractivity contribution in [3.05, 3.63) is 52.0 Å². The van der Waals surface area contributed by atoms with Gasteiger partial charge in [0.15, 0.2) is 0 Å². The summed E-state index contributed by atoms with van der Waals surface area (Å²) in [7, 11) is 3.56. The van der Waals surface area contributed by atoms with Gasteiger partial charge in [0.05, 0.1) is 12.7 Å². The zero-order chi connectivity index (χ0) is 17.9. The molecule has 0 aliphatic heterocycles. The van der Waals surface area contributed by atoms with E-state index in [1.54, 1.807) is 12.5 Å². The van der Waals surface area contributed by atoms with Crippen LogP contribution in [0.5, 0.6) is 11.5 Å². The number of methoxy groups -OCH3 is 1. The van der Waals surface area contributed by atoms with Crippen LogP contribution >= 0.6 is 15.9 Å². The Hall–Kier alpha value is -2.25. The third-order valence-corrected chi connectivity index (χ3v) is 3.69. The largest absolute Gasteiger partial charge is 0.496 e. The number of carbonyl (C=O) groups is 1. The average molecular weight is 396 g/mol. The fraction of sp³-hybridized carbons (Fsp3) is 0.235. The molecule has 4 N–H and O–H groups in total. The maximum atomic E-state index is 8.94. The Morgan fingerprint density at radius 2 is 1.96 bits per heavy atom. The molecule has 0 bridgehead atoms. The van der Waals surface area contributed by atoms with Crippen LogP contribution in [0.25, 0.3) is 0 Å². The van der Waals surface area contributed by atoms with Gasteiger partial charge in [-0.05, 0) is 42.8 Å². The molecular formula is C17H22BrN3O3. The molecule has 2 aromatic carbocycles. The van der Waals surface area contributed by atoms with Crippen molar-refractivity contribution in [1.82, 2.24) is 5.43 Å². The summed E-state index contributed by atoms with van der Waals surface area (Å²) in [5, 5.41) is 3.16. The monoisotopic (exact) mass is 395 g/mol. The van der Waals surface area contributed by atoms with E-state index < -0.39 is 0 Å². The van der Waals surface area contributed by atoms with Crippen molar-refractivity contribution in [1.29, 1.82) is 0 Å². The molecule has 2 aromatic rings. The van der Waals surface area contributed by atoms with Crippen molar-refractivity contribution < 1.29 is 14.3 Å². The number of ether oxygens (including phenoxy) is 2. The quantitative estimate of drug-likeness (QED) is 0.303. The van der Waals surface area contributed by atoms with E-state index in [2.05, 4.69) is 27.1 Å². The highest BCUT2D eigenvalue weighted by Crippen LogP contribution is 2.29. The van der Waals surface area contributed by atoms with Crippen LogP contribution in [0.4, 0.5) is 5.69 Å². The maximum absolute atomic E-state index is 8.94. The fourth-order valence-corrected chi connectivity index (χ4v) is 2.54. The molecule has 0 spiro atoms. The summed E-state index contributed by atoms with van der Waals surface area (Å²) in [6, 6.07) is 11.9. The van der Waals surface area contributed by atoms with Crippen molar-refractivity contribution in [2.24, 2.45) is 5.84 Å². The first-order valence-corrected chi connectivity index (χ1v) is 7.99. The molecule has 0 aliphatic rings. The zero-order valence-corrected chi connectivity index (χ0v) is 15.5. The van der Waals surface area contributed by atoms with E-state index in [-0.39, 0.29) is 0 Å². The molecule has 2 rings (SSSR count). The number of carbonyl (C=O) groups excluding carboxylic acids is 1. The van der Waals surface area contributed by atoms with E-state index in [0.717, 1.165) is 32.8 Å². The maximum Gasteiger partial charge on any atom is 0.221 e. The van der Waals surface area contributed by atoms with E-state index >= 15 is 0 Å². The first kappa shape index (κ1) is 19.8. The number of hydrogen-bond donors (Lipinski definition) is 3. The number of nitrogens with two attached hydrogens (primary N) is 1. The highest BCUT2D eigenvalue weighted by molar-refractivity contribution is 9.10. The van der Waals surface area contributed by atoms with Crippen LogP contribution in [-0.4, -0.2) is 20.6 Å². The number of amides is 1. The van der Waals surface area contributed by atoms with E-state index in [1.165, 1.54) is 0 Å². The Labute approximate surface area is 150 Å². The Morgan fingerprint density at radius 1 is 1.25 bits per heavy atom. The van der Waals surface area contributed by atoms with Crippen LogP contribution in [0.15, 0.2) is 40.9 Å². The molecular weight excluding hydrogens is 374 g/mol. The lowest BCUT2D eigenvalue weighted by atomic mass is 10.1. The number of rotatable bonds is 6. The smallest absolute Gasteiger partial charge is 0.221 e. The van der Waals surface area contributed by atoms with Gasteiger partial charge in [0.2, 0.25) is 6.41 Å². The molecule has 0 fully saturated rings. The SMILES string of the molecule is CNc1cccc(OC)c1COc1ccc(Br)cc1C.NNC=O. The average Bonchev–Trinajstić information content (AvgIpc) is 2.60. The van der Waals surface area contributed by atoms with Gasteiger partial charge in [0, 0.05) is 17.2 Å². The summed E-state index contributed by atoms with van der Waals surface area (Å²) < 4.78 is 12.4. The van der Waals surface area contributed by atoms with Gasteiger partial charge < -0.3 is 14.8 Å². The lowest BCUT2D eigenvalue weighted by molar-refractivity contribution is -0.109. The fourth-order valence-electron chi connectivity index (χ4n) is 2.06. The van der Waals surface area contributed by atoms with Crippen molar-refractivity contribution in [2.75, 3.05) is 19.5 Å². The highest BCUT2D eigenvalue weighted by Gasteiger charge is 2.10. The van der Waals surface area contributed by atoms with Crippen LogP contribution in [0.2, 0.25) is 0 Å². The molecule has 24 heavy (non-hydrogen) atoms. The van der Waals surface area contributed by atoms with E-state index in [9.17, 15) is 0 Å². The molecule has 0 aromatic heterocycles. The normalized spacial score (nSPS) is 9.38. The number of halogens is 1. The second-order valence-corrected chi connectivity index (χ2v) is 5.64. The number of hydrazine groups is 1. The van der Waals surface area contributed by atoms with Gasteiger partial charge in [0.1, 0.15) is 18.1 Å². The second kappa shape index (κ2) is 10.5. The van der Waals surface area contributed by atoms with Gasteiger partial charge in [-0.3, -0.25) is 10.2 Å². The van der Waals surface area contributed by atoms with Crippen LogP contribution in [0.3, 0.4) is 0 Å². The van der Waals surface area contributed by atoms with Gasteiger partial charge in [-0.15, -0.1) is 0 Å². The van der Waals surface area contributed by atoms with Crippen molar-refractivity contribution in [3.63, 3.8) is 0 Å². The highest BCUT2D eigenvalue weighted by atomic mass is 79.9. The molecule has 0 saturated heterocycles. The second-order valence-electron chi connectivity index (χ2n) is 4.72. The standard InChI is InChI=1S/C16H18BrNO2.CH4N2O/c1-11-9-12(17)7-8-15(11)20-10-13-14(18-2)5-4-6-16(13)19-3;2-3-1-4/h4-9,18H,10H2,1-3H3;1H,2H2,(H,3,4). The third-order valence-electron chi connectivity index (χ3n) is 3.20. The Balaban J connectivity index is 0.000000648. The van der Waals surface area contributed by atoms with Gasteiger partial charge >= 0.3 is 0 Å². The molecule has 130 valence electrons. The summed E-state index contributed by atoms with van der Waals surface area (Å²) in [4.78, 5) is 8.94. The lowest BCUT2D eigenvalue weighted by Crippen LogP contribution is -2.18. The summed E-state index contributed by atoms with van der Waals surface area (Å²) in [5.41, 5.74) is 4.87. The predicted molar refractivity (Wildman–Crippen MR) is 99.1 cm³/mol. The minimum Gasteiger partial charge on any atom is -0.496 e. The Kier molecular flexibility index (Phi) is 8.67. The first-order chi connectivity index (χ1) is 11.6. The third kappa shape index (κ3) is 5.75. The number of nitrogens with one attached hydrogen (secondary N) is 2. The topological polar surface area (TPSA) is 85.6 Å². The van der Waals surface area contributed by atoms with Gasteiger partial charge in [-0.1, -0.05) is 22.0 Å². The summed E-state index contributed by atoms with van der Waals surface area (Å²) in [6.45, 7) is 2.49. The van der Waals surface area contributed by atoms with Crippen molar-refractivity contribution >= 4 is 28.0 Å². The molecule has 0 aliphatic carbocycles. The van der Waals surface area contributed by atoms with E-state index in [0.29, 0.717) is 13.0 Å². The minimum absolute atomic E-state index is 0.403. The van der Waals surface area contributed by atoms with E-state index in [4.69, 9.17) is 14.3 Å². The molecule has 7 heteroatoms. The Morgan fingerprint density at radius 3 is 2.50 bits per heavy atom. The number of hydrogen-bond acceptors (Lipinski definition) is 5. The van der Waals surface area contributed by atoms with E-state index in [1.807, 2.05) is 50.4 Å². The molecule has 0 radical (unpaired) electrons.